The van der Waals surface area contributed by atoms with Crippen LogP contribution in [0.2, 0.25) is 0 Å². The van der Waals surface area contributed by atoms with Gasteiger partial charge < -0.3 is 10.2 Å². The van der Waals surface area contributed by atoms with Gasteiger partial charge >= 0.3 is 6.03 Å². The number of nitrogens with one attached hydrogen (secondary N) is 1. The van der Waals surface area contributed by atoms with Gasteiger partial charge in [0.2, 0.25) is 0 Å². The number of amides is 2. The van der Waals surface area contributed by atoms with Gasteiger partial charge in [-0.05, 0) is 24.7 Å². The van der Waals surface area contributed by atoms with Crippen molar-refractivity contribution >= 4 is 6.03 Å². The van der Waals surface area contributed by atoms with E-state index in [1.54, 1.807) is 19.0 Å². The van der Waals surface area contributed by atoms with Gasteiger partial charge in [0.25, 0.3) is 0 Å². The van der Waals surface area contributed by atoms with E-state index in [1.807, 2.05) is 0 Å². The van der Waals surface area contributed by atoms with Gasteiger partial charge in [-0.3, -0.25) is 0 Å². The molecule has 82 valence electrons. The first-order chi connectivity index (χ1) is 6.56. The molecule has 0 radical (unpaired) electrons. The lowest BCUT2D eigenvalue weighted by atomic mass is 9.93. The minimum absolute atomic E-state index is 0.0404. The van der Waals surface area contributed by atoms with Crippen molar-refractivity contribution in [3.8, 4) is 0 Å². The standard InChI is InChI=1S/C11H22N2O/c1-5-9-6-7-10(8(9)2)12-11(14)13(3)4/h8-10H,5-7H2,1-4H3,(H,12,14). The number of carbonyl (C=O) groups excluding carboxylic acids is 1. The van der Waals surface area contributed by atoms with Gasteiger partial charge in [-0.1, -0.05) is 20.3 Å². The fraction of sp³-hybridized carbons (Fsp3) is 0.909. The Morgan fingerprint density at radius 3 is 2.50 bits per heavy atom. The highest BCUT2D eigenvalue weighted by molar-refractivity contribution is 5.73. The Kier molecular flexibility index (Phi) is 3.78. The molecule has 14 heavy (non-hydrogen) atoms. The normalized spacial score (nSPS) is 31.6. The maximum Gasteiger partial charge on any atom is 0.317 e. The molecule has 0 aromatic heterocycles. The van der Waals surface area contributed by atoms with Gasteiger partial charge in [0.15, 0.2) is 0 Å². The van der Waals surface area contributed by atoms with Crippen molar-refractivity contribution in [2.45, 2.75) is 39.2 Å². The van der Waals surface area contributed by atoms with Crippen molar-refractivity contribution in [3.05, 3.63) is 0 Å². The highest BCUT2D eigenvalue weighted by Crippen LogP contribution is 2.33. The maximum absolute atomic E-state index is 11.5. The van der Waals surface area contributed by atoms with E-state index in [2.05, 4.69) is 19.2 Å². The summed E-state index contributed by atoms with van der Waals surface area (Å²) in [7, 11) is 3.57. The van der Waals surface area contributed by atoms with Crippen LogP contribution in [0.15, 0.2) is 0 Å². The molecule has 3 heteroatoms. The number of carbonyl (C=O) groups is 1. The van der Waals surface area contributed by atoms with E-state index < -0.39 is 0 Å². The average Bonchev–Trinajstić information content (AvgIpc) is 2.47. The van der Waals surface area contributed by atoms with Crippen LogP contribution in [0.5, 0.6) is 0 Å². The van der Waals surface area contributed by atoms with Crippen LogP contribution >= 0.6 is 0 Å². The second-order valence-electron chi connectivity index (χ2n) is 4.56. The number of rotatable bonds is 2. The Hall–Kier alpha value is -0.730. The van der Waals surface area contributed by atoms with Gasteiger partial charge in [-0.25, -0.2) is 4.79 Å². The summed E-state index contributed by atoms with van der Waals surface area (Å²) in [6.45, 7) is 4.49. The molecule has 3 atom stereocenters. The summed E-state index contributed by atoms with van der Waals surface area (Å²) < 4.78 is 0. The number of urea groups is 1. The molecular weight excluding hydrogens is 176 g/mol. The highest BCUT2D eigenvalue weighted by atomic mass is 16.2. The van der Waals surface area contributed by atoms with Crippen molar-refractivity contribution in [1.29, 1.82) is 0 Å². The largest absolute Gasteiger partial charge is 0.335 e. The Morgan fingerprint density at radius 2 is 2.07 bits per heavy atom. The molecule has 3 nitrogen and oxygen atoms in total. The molecule has 1 fully saturated rings. The van der Waals surface area contributed by atoms with Gasteiger partial charge in [0, 0.05) is 20.1 Å². The smallest absolute Gasteiger partial charge is 0.317 e. The van der Waals surface area contributed by atoms with Gasteiger partial charge in [0.05, 0.1) is 0 Å². The lowest BCUT2D eigenvalue weighted by Gasteiger charge is -2.22. The van der Waals surface area contributed by atoms with E-state index in [0.717, 1.165) is 12.3 Å². The van der Waals surface area contributed by atoms with Gasteiger partial charge in [-0.2, -0.15) is 0 Å². The molecule has 0 spiro atoms. The molecule has 0 saturated heterocycles. The molecule has 2 amide bonds. The van der Waals surface area contributed by atoms with Crippen LogP contribution < -0.4 is 5.32 Å². The topological polar surface area (TPSA) is 32.3 Å². The summed E-state index contributed by atoms with van der Waals surface area (Å²) >= 11 is 0. The Morgan fingerprint density at radius 1 is 1.43 bits per heavy atom. The Bertz CT molecular complexity index is 203. The fourth-order valence-corrected chi connectivity index (χ4v) is 2.32. The van der Waals surface area contributed by atoms with E-state index in [0.29, 0.717) is 12.0 Å². The molecule has 1 N–H and O–H groups in total. The van der Waals surface area contributed by atoms with Crippen LogP contribution in [0.1, 0.15) is 33.1 Å². The van der Waals surface area contributed by atoms with Crippen molar-refractivity contribution in [2.75, 3.05) is 14.1 Å². The van der Waals surface area contributed by atoms with Crippen molar-refractivity contribution < 1.29 is 4.79 Å². The first-order valence-corrected chi connectivity index (χ1v) is 5.54. The molecule has 0 aromatic carbocycles. The Balaban J connectivity index is 2.44. The number of nitrogens with zero attached hydrogens (tertiary/aromatic N) is 1. The summed E-state index contributed by atoms with van der Waals surface area (Å²) in [5, 5.41) is 3.08. The monoisotopic (exact) mass is 198 g/mol. The Labute approximate surface area is 86.9 Å². The molecular formula is C11H22N2O. The zero-order valence-electron chi connectivity index (χ0n) is 9.71. The molecule has 0 aliphatic heterocycles. The fourth-order valence-electron chi connectivity index (χ4n) is 2.32. The van der Waals surface area contributed by atoms with Crippen LogP contribution in [0.3, 0.4) is 0 Å². The number of hydrogen-bond acceptors (Lipinski definition) is 1. The van der Waals surface area contributed by atoms with Crippen LogP contribution in [0.4, 0.5) is 4.79 Å². The van der Waals surface area contributed by atoms with Crippen molar-refractivity contribution in [1.82, 2.24) is 10.2 Å². The second-order valence-corrected chi connectivity index (χ2v) is 4.56. The SMILES string of the molecule is CCC1CCC(NC(=O)N(C)C)C1C. The molecule has 1 aliphatic carbocycles. The van der Waals surface area contributed by atoms with Gasteiger partial charge in [0.1, 0.15) is 0 Å². The van der Waals surface area contributed by atoms with Crippen LogP contribution in [0, 0.1) is 11.8 Å². The minimum atomic E-state index is 0.0404. The predicted molar refractivity (Wildman–Crippen MR) is 58.2 cm³/mol. The predicted octanol–water partition coefficient (Wildman–Crippen LogP) is 2.08. The molecule has 1 rings (SSSR count). The lowest BCUT2D eigenvalue weighted by molar-refractivity contribution is 0.208. The molecule has 0 bridgehead atoms. The molecule has 0 aromatic rings. The quantitative estimate of drug-likeness (QED) is 0.724. The third-order valence-electron chi connectivity index (χ3n) is 3.47. The third kappa shape index (κ3) is 2.40. The highest BCUT2D eigenvalue weighted by Gasteiger charge is 2.32. The summed E-state index contributed by atoms with van der Waals surface area (Å²) in [5.74, 6) is 1.42. The van der Waals surface area contributed by atoms with Crippen molar-refractivity contribution in [2.24, 2.45) is 11.8 Å². The van der Waals surface area contributed by atoms with E-state index >= 15 is 0 Å². The summed E-state index contributed by atoms with van der Waals surface area (Å²) in [5.41, 5.74) is 0. The second kappa shape index (κ2) is 4.67. The summed E-state index contributed by atoms with van der Waals surface area (Å²) in [4.78, 5) is 13.1. The number of hydrogen-bond donors (Lipinski definition) is 1. The molecule has 0 heterocycles. The first-order valence-electron chi connectivity index (χ1n) is 5.54. The lowest BCUT2D eigenvalue weighted by Crippen LogP contribution is -2.43. The zero-order chi connectivity index (χ0) is 10.7. The third-order valence-corrected chi connectivity index (χ3v) is 3.47. The van der Waals surface area contributed by atoms with E-state index in [9.17, 15) is 4.79 Å². The maximum atomic E-state index is 11.5. The minimum Gasteiger partial charge on any atom is -0.335 e. The van der Waals surface area contributed by atoms with E-state index in [4.69, 9.17) is 0 Å². The molecule has 3 unspecified atom stereocenters. The molecule has 1 saturated carbocycles. The van der Waals surface area contributed by atoms with Gasteiger partial charge in [-0.15, -0.1) is 0 Å². The van der Waals surface area contributed by atoms with Crippen LogP contribution in [-0.2, 0) is 0 Å². The average molecular weight is 198 g/mol. The van der Waals surface area contributed by atoms with Crippen LogP contribution in [-0.4, -0.2) is 31.1 Å². The first kappa shape index (κ1) is 11.3. The molecule has 1 aliphatic rings. The van der Waals surface area contributed by atoms with Crippen molar-refractivity contribution in [3.63, 3.8) is 0 Å². The van der Waals surface area contributed by atoms with E-state index in [1.165, 1.54) is 12.8 Å². The van der Waals surface area contributed by atoms with Crippen LogP contribution in [0.25, 0.3) is 0 Å². The summed E-state index contributed by atoms with van der Waals surface area (Å²) in [6, 6.07) is 0.424. The zero-order valence-corrected chi connectivity index (χ0v) is 9.71. The van der Waals surface area contributed by atoms with E-state index in [-0.39, 0.29) is 6.03 Å². The summed E-state index contributed by atoms with van der Waals surface area (Å²) in [6.07, 6.45) is 3.63.